The van der Waals surface area contributed by atoms with Crippen LogP contribution in [-0.2, 0) is 4.74 Å². The van der Waals surface area contributed by atoms with Crippen LogP contribution >= 0.6 is 0 Å². The fraction of sp³-hybridized carbons (Fsp3) is 0.273. The molecule has 0 amide bonds. The molecule has 0 spiro atoms. The minimum atomic E-state index is 0.0991. The van der Waals surface area contributed by atoms with Gasteiger partial charge in [-0.15, -0.1) is 0 Å². The Kier molecular flexibility index (Phi) is 2.91. The summed E-state index contributed by atoms with van der Waals surface area (Å²) in [6.45, 7) is 0. The number of hydrogen-bond acceptors (Lipinski definition) is 3. The third-order valence-corrected chi connectivity index (χ3v) is 1.99. The maximum atomic E-state index is 5.34. The standard InChI is InChI=1S/C11H12N2O/c1-3-7-12-11(6-1)13-9-10-5-2-4-8-14-10/h1,3-4,6-10H,2,5H2. The molecule has 0 aliphatic carbocycles. The van der Waals surface area contributed by atoms with E-state index in [1.165, 1.54) is 0 Å². The molecule has 1 aliphatic heterocycles. The molecular formula is C11H12N2O. The minimum Gasteiger partial charge on any atom is -0.493 e. The van der Waals surface area contributed by atoms with Gasteiger partial charge < -0.3 is 4.74 Å². The first kappa shape index (κ1) is 8.94. The Morgan fingerprint density at radius 2 is 2.50 bits per heavy atom. The van der Waals surface area contributed by atoms with Crippen LogP contribution in [0.4, 0.5) is 5.82 Å². The van der Waals surface area contributed by atoms with E-state index < -0.39 is 0 Å². The predicted molar refractivity (Wildman–Crippen MR) is 55.6 cm³/mol. The van der Waals surface area contributed by atoms with E-state index in [0.717, 1.165) is 18.7 Å². The molecule has 1 aromatic rings. The SMILES string of the molecule is C1=COC(C=Nc2ccccn2)CC1. The minimum absolute atomic E-state index is 0.0991. The summed E-state index contributed by atoms with van der Waals surface area (Å²) in [7, 11) is 0. The van der Waals surface area contributed by atoms with Gasteiger partial charge in [-0.25, -0.2) is 9.98 Å². The van der Waals surface area contributed by atoms with Gasteiger partial charge in [0.2, 0.25) is 0 Å². The van der Waals surface area contributed by atoms with Gasteiger partial charge in [0.15, 0.2) is 5.82 Å². The molecule has 2 heterocycles. The lowest BCUT2D eigenvalue weighted by Crippen LogP contribution is -2.13. The van der Waals surface area contributed by atoms with Crippen molar-refractivity contribution in [3.8, 4) is 0 Å². The van der Waals surface area contributed by atoms with Crippen LogP contribution in [0.25, 0.3) is 0 Å². The van der Waals surface area contributed by atoms with E-state index in [-0.39, 0.29) is 6.10 Å². The molecule has 0 aromatic carbocycles. The maximum absolute atomic E-state index is 5.34. The average molecular weight is 188 g/mol. The summed E-state index contributed by atoms with van der Waals surface area (Å²) in [5.74, 6) is 0.727. The molecule has 0 saturated carbocycles. The van der Waals surface area contributed by atoms with Crippen molar-refractivity contribution >= 4 is 12.0 Å². The van der Waals surface area contributed by atoms with Gasteiger partial charge in [0.05, 0.1) is 6.26 Å². The Morgan fingerprint density at radius 1 is 1.50 bits per heavy atom. The van der Waals surface area contributed by atoms with E-state index in [9.17, 15) is 0 Å². The zero-order valence-electron chi connectivity index (χ0n) is 7.84. The lowest BCUT2D eigenvalue weighted by molar-refractivity contribution is 0.185. The van der Waals surface area contributed by atoms with Crippen molar-refractivity contribution in [1.82, 2.24) is 4.98 Å². The number of hydrogen-bond donors (Lipinski definition) is 0. The molecule has 1 aliphatic rings. The number of rotatable bonds is 2. The summed E-state index contributed by atoms with van der Waals surface area (Å²) in [6.07, 6.45) is 9.44. The van der Waals surface area contributed by atoms with Crippen LogP contribution in [0.15, 0.2) is 41.7 Å². The number of aliphatic imine (C=N–C) groups is 1. The molecular weight excluding hydrogens is 176 g/mol. The molecule has 72 valence electrons. The van der Waals surface area contributed by atoms with Crippen LogP contribution in [0.5, 0.6) is 0 Å². The molecule has 3 nitrogen and oxygen atoms in total. The summed E-state index contributed by atoms with van der Waals surface area (Å²) in [5.41, 5.74) is 0. The highest BCUT2D eigenvalue weighted by Crippen LogP contribution is 2.10. The van der Waals surface area contributed by atoms with Gasteiger partial charge in [0, 0.05) is 12.4 Å². The van der Waals surface area contributed by atoms with Crippen LogP contribution in [0.1, 0.15) is 12.8 Å². The van der Waals surface area contributed by atoms with Gasteiger partial charge in [0.25, 0.3) is 0 Å². The van der Waals surface area contributed by atoms with Crippen LogP contribution < -0.4 is 0 Å². The van der Waals surface area contributed by atoms with E-state index in [0.29, 0.717) is 0 Å². The fourth-order valence-electron chi connectivity index (χ4n) is 1.25. The van der Waals surface area contributed by atoms with Gasteiger partial charge in [-0.05, 0) is 31.1 Å². The summed E-state index contributed by atoms with van der Waals surface area (Å²) in [5, 5.41) is 0. The Morgan fingerprint density at radius 3 is 3.21 bits per heavy atom. The summed E-state index contributed by atoms with van der Waals surface area (Å²) in [6, 6.07) is 5.66. The van der Waals surface area contributed by atoms with Crippen molar-refractivity contribution in [2.75, 3.05) is 0 Å². The van der Waals surface area contributed by atoms with Gasteiger partial charge in [0.1, 0.15) is 6.10 Å². The molecule has 0 bridgehead atoms. The van der Waals surface area contributed by atoms with Crippen molar-refractivity contribution in [2.45, 2.75) is 18.9 Å². The number of aromatic nitrogens is 1. The topological polar surface area (TPSA) is 34.5 Å². The average Bonchev–Trinajstić information content (AvgIpc) is 2.29. The first-order chi connectivity index (χ1) is 6.95. The smallest absolute Gasteiger partial charge is 0.151 e. The quantitative estimate of drug-likeness (QED) is 0.668. The third kappa shape index (κ3) is 2.42. The highest BCUT2D eigenvalue weighted by molar-refractivity contribution is 5.66. The van der Waals surface area contributed by atoms with Crippen LogP contribution in [-0.4, -0.2) is 17.3 Å². The number of nitrogens with zero attached hydrogens (tertiary/aromatic N) is 2. The summed E-state index contributed by atoms with van der Waals surface area (Å²) >= 11 is 0. The van der Waals surface area contributed by atoms with E-state index in [4.69, 9.17) is 4.74 Å². The second-order valence-electron chi connectivity index (χ2n) is 3.09. The maximum Gasteiger partial charge on any atom is 0.151 e. The van der Waals surface area contributed by atoms with Crippen LogP contribution in [0.2, 0.25) is 0 Å². The molecule has 0 N–H and O–H groups in total. The first-order valence-corrected chi connectivity index (χ1v) is 4.71. The molecule has 1 unspecified atom stereocenters. The zero-order chi connectivity index (χ0) is 9.64. The van der Waals surface area contributed by atoms with Crippen molar-refractivity contribution in [2.24, 2.45) is 4.99 Å². The number of ether oxygens (including phenoxy) is 1. The molecule has 1 atom stereocenters. The van der Waals surface area contributed by atoms with Gasteiger partial charge in [-0.3, -0.25) is 0 Å². The van der Waals surface area contributed by atoms with E-state index in [1.54, 1.807) is 12.5 Å². The van der Waals surface area contributed by atoms with Crippen molar-refractivity contribution < 1.29 is 4.74 Å². The molecule has 1 aromatic heterocycles. The lowest BCUT2D eigenvalue weighted by atomic mass is 10.2. The second-order valence-corrected chi connectivity index (χ2v) is 3.09. The Labute approximate surface area is 83.2 Å². The van der Waals surface area contributed by atoms with Crippen molar-refractivity contribution in [3.63, 3.8) is 0 Å². The van der Waals surface area contributed by atoms with Crippen molar-refractivity contribution in [1.29, 1.82) is 0 Å². The molecule has 0 saturated heterocycles. The Balaban J connectivity index is 1.97. The predicted octanol–water partition coefficient (Wildman–Crippen LogP) is 2.48. The third-order valence-electron chi connectivity index (χ3n) is 1.99. The summed E-state index contributed by atoms with van der Waals surface area (Å²) < 4.78 is 5.34. The van der Waals surface area contributed by atoms with Crippen LogP contribution in [0, 0.1) is 0 Å². The highest BCUT2D eigenvalue weighted by atomic mass is 16.5. The van der Waals surface area contributed by atoms with E-state index in [1.807, 2.05) is 30.5 Å². The molecule has 14 heavy (non-hydrogen) atoms. The van der Waals surface area contributed by atoms with E-state index in [2.05, 4.69) is 9.98 Å². The largest absolute Gasteiger partial charge is 0.493 e. The number of allylic oxidation sites excluding steroid dienone is 1. The monoisotopic (exact) mass is 188 g/mol. The van der Waals surface area contributed by atoms with Crippen molar-refractivity contribution in [3.05, 3.63) is 36.7 Å². The molecule has 0 fully saturated rings. The van der Waals surface area contributed by atoms with E-state index >= 15 is 0 Å². The molecule has 3 heteroatoms. The second kappa shape index (κ2) is 4.56. The lowest BCUT2D eigenvalue weighted by Gasteiger charge is -2.14. The Hall–Kier alpha value is -1.64. The molecule has 0 radical (unpaired) electrons. The van der Waals surface area contributed by atoms with Gasteiger partial charge >= 0.3 is 0 Å². The Bertz CT molecular complexity index is 332. The number of pyridine rings is 1. The molecule has 2 rings (SSSR count). The normalized spacial score (nSPS) is 21.0. The van der Waals surface area contributed by atoms with Gasteiger partial charge in [-0.1, -0.05) is 6.07 Å². The van der Waals surface area contributed by atoms with Crippen LogP contribution in [0.3, 0.4) is 0 Å². The first-order valence-electron chi connectivity index (χ1n) is 4.71. The van der Waals surface area contributed by atoms with Gasteiger partial charge in [-0.2, -0.15) is 0 Å². The summed E-state index contributed by atoms with van der Waals surface area (Å²) in [4.78, 5) is 8.33. The zero-order valence-corrected chi connectivity index (χ0v) is 7.84. The highest BCUT2D eigenvalue weighted by Gasteiger charge is 2.06. The fourth-order valence-corrected chi connectivity index (χ4v) is 1.25.